The van der Waals surface area contributed by atoms with Gasteiger partial charge in [-0.25, -0.2) is 14.4 Å². The van der Waals surface area contributed by atoms with Gasteiger partial charge >= 0.3 is 0 Å². The summed E-state index contributed by atoms with van der Waals surface area (Å²) >= 11 is 0. The predicted octanol–water partition coefficient (Wildman–Crippen LogP) is 1.85. The molecule has 4 nitrogen and oxygen atoms in total. The molecule has 0 aliphatic rings. The lowest BCUT2D eigenvalue weighted by Gasteiger charge is -2.03. The zero-order valence-electron chi connectivity index (χ0n) is 9.60. The van der Waals surface area contributed by atoms with E-state index >= 15 is 0 Å². The summed E-state index contributed by atoms with van der Waals surface area (Å²) in [6, 6.07) is 8.29. The number of nitriles is 1. The van der Waals surface area contributed by atoms with E-state index in [1.165, 1.54) is 18.3 Å². The Morgan fingerprint density at radius 1 is 1.33 bits per heavy atom. The summed E-state index contributed by atoms with van der Waals surface area (Å²) in [4.78, 5) is 8.07. The molecule has 1 heterocycles. The second-order valence-corrected chi connectivity index (χ2v) is 3.83. The van der Waals surface area contributed by atoms with Crippen LogP contribution in [0, 0.1) is 17.1 Å². The Hall–Kier alpha value is -2.48. The average molecular weight is 242 g/mol. The van der Waals surface area contributed by atoms with Crippen LogP contribution in [0.1, 0.15) is 17.0 Å². The Labute approximate surface area is 104 Å². The number of rotatable bonds is 3. The predicted molar refractivity (Wildman–Crippen MR) is 65.0 cm³/mol. The third-order valence-corrected chi connectivity index (χ3v) is 2.51. The number of benzene rings is 1. The zero-order valence-corrected chi connectivity index (χ0v) is 9.60. The van der Waals surface area contributed by atoms with Gasteiger partial charge in [0.05, 0.1) is 6.20 Å². The van der Waals surface area contributed by atoms with E-state index < -0.39 is 0 Å². The van der Waals surface area contributed by atoms with E-state index in [9.17, 15) is 4.39 Å². The number of nitrogens with two attached hydrogens (primary N) is 1. The monoisotopic (exact) mass is 242 g/mol. The molecule has 1 aromatic heterocycles. The SMILES string of the molecule is N#Cc1cnc(CCc2cccc(F)c2)nc1N. The molecule has 0 atom stereocenters. The van der Waals surface area contributed by atoms with E-state index in [0.29, 0.717) is 18.7 Å². The van der Waals surface area contributed by atoms with E-state index in [1.807, 2.05) is 12.1 Å². The highest BCUT2D eigenvalue weighted by molar-refractivity contribution is 5.46. The molecule has 90 valence electrons. The molecule has 2 N–H and O–H groups in total. The molecule has 0 radical (unpaired) electrons. The minimum absolute atomic E-state index is 0.182. The molecule has 0 aliphatic carbocycles. The highest BCUT2D eigenvalue weighted by Crippen LogP contribution is 2.09. The van der Waals surface area contributed by atoms with Crippen molar-refractivity contribution in [2.75, 3.05) is 5.73 Å². The van der Waals surface area contributed by atoms with Crippen LogP contribution in [0.4, 0.5) is 10.2 Å². The minimum atomic E-state index is -0.257. The van der Waals surface area contributed by atoms with Gasteiger partial charge in [-0.2, -0.15) is 5.26 Å². The van der Waals surface area contributed by atoms with Crippen molar-refractivity contribution in [1.82, 2.24) is 9.97 Å². The second-order valence-electron chi connectivity index (χ2n) is 3.83. The van der Waals surface area contributed by atoms with Crippen LogP contribution in [0.15, 0.2) is 30.5 Å². The van der Waals surface area contributed by atoms with Crippen molar-refractivity contribution in [1.29, 1.82) is 5.26 Å². The molecule has 0 unspecified atom stereocenters. The maximum atomic E-state index is 13.0. The van der Waals surface area contributed by atoms with Crippen LogP contribution in [0.5, 0.6) is 0 Å². The first kappa shape index (κ1) is 12.0. The first-order valence-corrected chi connectivity index (χ1v) is 5.45. The van der Waals surface area contributed by atoms with Gasteiger partial charge in [-0.15, -0.1) is 0 Å². The molecule has 0 spiro atoms. The average Bonchev–Trinajstić information content (AvgIpc) is 2.37. The van der Waals surface area contributed by atoms with E-state index in [-0.39, 0.29) is 17.2 Å². The molecule has 0 fully saturated rings. The Kier molecular flexibility index (Phi) is 3.49. The molecule has 0 bridgehead atoms. The zero-order chi connectivity index (χ0) is 13.0. The highest BCUT2D eigenvalue weighted by Gasteiger charge is 2.04. The quantitative estimate of drug-likeness (QED) is 0.891. The molecule has 1 aromatic carbocycles. The number of hydrogen-bond donors (Lipinski definition) is 1. The van der Waals surface area contributed by atoms with Crippen LogP contribution in [0.2, 0.25) is 0 Å². The van der Waals surface area contributed by atoms with Crippen LogP contribution in [0.3, 0.4) is 0 Å². The van der Waals surface area contributed by atoms with Crippen LogP contribution in [0.25, 0.3) is 0 Å². The lowest BCUT2D eigenvalue weighted by molar-refractivity contribution is 0.625. The molecule has 0 saturated carbocycles. The number of nitrogens with zero attached hydrogens (tertiary/aromatic N) is 3. The summed E-state index contributed by atoms with van der Waals surface area (Å²) in [6.45, 7) is 0. The maximum Gasteiger partial charge on any atom is 0.145 e. The Balaban J connectivity index is 2.07. The molecule has 2 aromatic rings. The summed E-state index contributed by atoms with van der Waals surface area (Å²) in [5.41, 5.74) is 6.74. The van der Waals surface area contributed by atoms with Gasteiger partial charge in [0, 0.05) is 6.42 Å². The molecule has 0 aliphatic heterocycles. The number of aromatic nitrogens is 2. The van der Waals surface area contributed by atoms with Gasteiger partial charge in [0.25, 0.3) is 0 Å². The summed E-state index contributed by atoms with van der Waals surface area (Å²) in [5, 5.41) is 8.70. The van der Waals surface area contributed by atoms with Crippen LogP contribution >= 0.6 is 0 Å². The summed E-state index contributed by atoms with van der Waals surface area (Å²) in [6.07, 6.45) is 2.59. The van der Waals surface area contributed by atoms with Gasteiger partial charge in [0.1, 0.15) is 29.1 Å². The number of aryl methyl sites for hydroxylation is 2. The largest absolute Gasteiger partial charge is 0.382 e. The fourth-order valence-corrected chi connectivity index (χ4v) is 1.59. The number of hydrogen-bond acceptors (Lipinski definition) is 4. The highest BCUT2D eigenvalue weighted by atomic mass is 19.1. The summed E-state index contributed by atoms with van der Waals surface area (Å²) < 4.78 is 13.0. The normalized spacial score (nSPS) is 10.0. The standard InChI is InChI=1S/C13H11FN4/c14-11-3-1-2-9(6-11)4-5-12-17-8-10(7-15)13(16)18-12/h1-3,6,8H,4-5H2,(H2,16,17,18). The molecular weight excluding hydrogens is 231 g/mol. The van der Waals surface area contributed by atoms with Crippen molar-refractivity contribution >= 4 is 5.82 Å². The van der Waals surface area contributed by atoms with E-state index in [0.717, 1.165) is 5.56 Å². The summed E-state index contributed by atoms with van der Waals surface area (Å²) in [7, 11) is 0. The molecule has 5 heteroatoms. The maximum absolute atomic E-state index is 13.0. The Bertz CT molecular complexity index is 604. The van der Waals surface area contributed by atoms with Crippen LogP contribution in [-0.4, -0.2) is 9.97 Å². The molecular formula is C13H11FN4. The topological polar surface area (TPSA) is 75.6 Å². The second kappa shape index (κ2) is 5.23. The van der Waals surface area contributed by atoms with Crippen molar-refractivity contribution in [3.8, 4) is 6.07 Å². The van der Waals surface area contributed by atoms with Gasteiger partial charge in [0.15, 0.2) is 0 Å². The Morgan fingerprint density at radius 3 is 2.83 bits per heavy atom. The lowest BCUT2D eigenvalue weighted by atomic mass is 10.1. The molecule has 18 heavy (non-hydrogen) atoms. The van der Waals surface area contributed by atoms with Gasteiger partial charge in [-0.05, 0) is 24.1 Å². The van der Waals surface area contributed by atoms with Gasteiger partial charge in [-0.1, -0.05) is 12.1 Å². The van der Waals surface area contributed by atoms with Gasteiger partial charge in [-0.3, -0.25) is 0 Å². The van der Waals surface area contributed by atoms with Crippen molar-refractivity contribution in [2.24, 2.45) is 0 Å². The number of halogens is 1. The van der Waals surface area contributed by atoms with Crippen molar-refractivity contribution in [3.05, 3.63) is 53.2 Å². The lowest BCUT2D eigenvalue weighted by Crippen LogP contribution is -2.03. The Morgan fingerprint density at radius 2 is 2.17 bits per heavy atom. The molecule has 0 amide bonds. The minimum Gasteiger partial charge on any atom is -0.382 e. The van der Waals surface area contributed by atoms with Crippen LogP contribution in [-0.2, 0) is 12.8 Å². The third kappa shape index (κ3) is 2.80. The van der Waals surface area contributed by atoms with Crippen molar-refractivity contribution in [3.63, 3.8) is 0 Å². The fraction of sp³-hybridized carbons (Fsp3) is 0.154. The number of anilines is 1. The molecule has 0 saturated heterocycles. The van der Waals surface area contributed by atoms with E-state index in [1.54, 1.807) is 6.07 Å². The summed E-state index contributed by atoms with van der Waals surface area (Å²) in [5.74, 6) is 0.477. The van der Waals surface area contributed by atoms with Gasteiger partial charge < -0.3 is 5.73 Å². The van der Waals surface area contributed by atoms with Crippen molar-refractivity contribution in [2.45, 2.75) is 12.8 Å². The smallest absolute Gasteiger partial charge is 0.145 e. The number of nitrogen functional groups attached to an aromatic ring is 1. The fourth-order valence-electron chi connectivity index (χ4n) is 1.59. The first-order chi connectivity index (χ1) is 8.69. The van der Waals surface area contributed by atoms with E-state index in [2.05, 4.69) is 9.97 Å². The van der Waals surface area contributed by atoms with Crippen molar-refractivity contribution < 1.29 is 4.39 Å². The molecule has 2 rings (SSSR count). The van der Waals surface area contributed by atoms with E-state index in [4.69, 9.17) is 11.0 Å². The third-order valence-electron chi connectivity index (χ3n) is 2.51. The first-order valence-electron chi connectivity index (χ1n) is 5.45. The van der Waals surface area contributed by atoms with Crippen LogP contribution < -0.4 is 5.73 Å². The van der Waals surface area contributed by atoms with Gasteiger partial charge in [0.2, 0.25) is 0 Å².